The van der Waals surface area contributed by atoms with E-state index < -0.39 is 5.60 Å². The zero-order valence-corrected chi connectivity index (χ0v) is 26.7. The highest BCUT2D eigenvalue weighted by molar-refractivity contribution is 7.99. The lowest BCUT2D eigenvalue weighted by atomic mass is 9.86. The summed E-state index contributed by atoms with van der Waals surface area (Å²) in [6.45, 7) is 10.1. The molecular weight excluding hydrogens is 560 g/mol. The Morgan fingerprint density at radius 1 is 1.00 bits per heavy atom. The van der Waals surface area contributed by atoms with E-state index in [0.29, 0.717) is 18.2 Å². The van der Waals surface area contributed by atoms with E-state index in [1.807, 2.05) is 51.1 Å². The molecule has 1 aliphatic rings. The Morgan fingerprint density at radius 2 is 1.63 bits per heavy atom. The van der Waals surface area contributed by atoms with Crippen molar-refractivity contribution in [3.8, 4) is 5.75 Å². The number of nitrogens with one attached hydrogen (secondary N) is 1. The summed E-state index contributed by atoms with van der Waals surface area (Å²) in [6.07, 6.45) is 2.04. The fraction of sp³-hybridized carbons (Fsp3) is 0.412. The van der Waals surface area contributed by atoms with Crippen LogP contribution in [0.1, 0.15) is 63.1 Å². The van der Waals surface area contributed by atoms with Crippen LogP contribution in [0.15, 0.2) is 76.5 Å². The van der Waals surface area contributed by atoms with Crippen LogP contribution in [0, 0.1) is 0 Å². The molecule has 3 aromatic carbocycles. The van der Waals surface area contributed by atoms with E-state index in [2.05, 4.69) is 46.6 Å². The van der Waals surface area contributed by atoms with E-state index in [1.54, 1.807) is 18.9 Å². The number of carbonyl (C=O) groups is 2. The summed E-state index contributed by atoms with van der Waals surface area (Å²) in [7, 11) is 1.68. The molecule has 3 aromatic rings. The van der Waals surface area contributed by atoms with E-state index >= 15 is 0 Å². The van der Waals surface area contributed by atoms with Gasteiger partial charge in [-0.15, -0.1) is 0 Å². The number of carbonyl (C=O) groups excluding carboxylic acids is 2. The number of benzene rings is 3. The molecule has 9 heteroatoms. The number of nitrogens with two attached hydrogens (primary N) is 1. The molecule has 8 nitrogen and oxygen atoms in total. The predicted molar refractivity (Wildman–Crippen MR) is 172 cm³/mol. The third-order valence-electron chi connectivity index (χ3n) is 7.32. The third-order valence-corrected chi connectivity index (χ3v) is 8.34. The maximum atomic E-state index is 12.8. The van der Waals surface area contributed by atoms with Crippen LogP contribution in [0.3, 0.4) is 0 Å². The standard InChI is InChI=1S/C34H44N4O4S/c1-24(39)38(42-34(2,3)4)23-33(40)36-28-9-8-27(21-35)32(20-28)26-16-18-37(19-17-26)22-25-6-12-30(13-7-25)43-31-14-10-29(41-5)11-15-31/h6-15,20,26H,16-19,21-23,35H2,1-5H3,(H,36,40). The monoisotopic (exact) mass is 604 g/mol. The van der Waals surface area contributed by atoms with E-state index in [0.717, 1.165) is 48.9 Å². The Balaban J connectivity index is 1.31. The summed E-state index contributed by atoms with van der Waals surface area (Å²) in [4.78, 5) is 35.3. The van der Waals surface area contributed by atoms with Crippen molar-refractivity contribution in [2.75, 3.05) is 32.1 Å². The van der Waals surface area contributed by atoms with Crippen LogP contribution in [0.2, 0.25) is 0 Å². The van der Waals surface area contributed by atoms with Crippen LogP contribution in [-0.4, -0.2) is 54.1 Å². The normalized spacial score (nSPS) is 14.4. The quantitative estimate of drug-likeness (QED) is 0.252. The average Bonchev–Trinajstić information content (AvgIpc) is 2.98. The number of anilines is 1. The van der Waals surface area contributed by atoms with Crippen molar-refractivity contribution in [2.24, 2.45) is 5.73 Å². The molecular formula is C34H44N4O4S. The van der Waals surface area contributed by atoms with Crippen molar-refractivity contribution in [1.29, 1.82) is 0 Å². The Labute approximate surface area is 259 Å². The highest BCUT2D eigenvalue weighted by atomic mass is 32.2. The minimum Gasteiger partial charge on any atom is -0.497 e. The number of nitrogens with zero attached hydrogens (tertiary/aromatic N) is 2. The summed E-state index contributed by atoms with van der Waals surface area (Å²) in [5.74, 6) is 0.600. The first-order valence-corrected chi connectivity index (χ1v) is 15.6. The van der Waals surface area contributed by atoms with Crippen LogP contribution < -0.4 is 15.8 Å². The van der Waals surface area contributed by atoms with Gasteiger partial charge in [0, 0.05) is 35.5 Å². The molecule has 0 atom stereocenters. The van der Waals surface area contributed by atoms with Crippen molar-refractivity contribution >= 4 is 29.3 Å². The molecule has 0 aromatic heterocycles. The zero-order valence-electron chi connectivity index (χ0n) is 25.9. The summed E-state index contributed by atoms with van der Waals surface area (Å²) in [5, 5.41) is 4.04. The van der Waals surface area contributed by atoms with Crippen LogP contribution in [-0.2, 0) is 27.5 Å². The lowest BCUT2D eigenvalue weighted by Crippen LogP contribution is -2.41. The number of likely N-dealkylation sites (tertiary alicyclic amines) is 1. The van der Waals surface area contributed by atoms with Crippen LogP contribution in [0.25, 0.3) is 0 Å². The Hall–Kier alpha value is -3.37. The van der Waals surface area contributed by atoms with Crippen LogP contribution >= 0.6 is 11.8 Å². The first kappa shape index (κ1) is 32.5. The Morgan fingerprint density at radius 3 is 2.19 bits per heavy atom. The second-order valence-electron chi connectivity index (χ2n) is 11.9. The number of hydroxylamine groups is 2. The lowest BCUT2D eigenvalue weighted by Gasteiger charge is -2.33. The van der Waals surface area contributed by atoms with Gasteiger partial charge in [0.25, 0.3) is 0 Å². The molecule has 0 saturated carbocycles. The van der Waals surface area contributed by atoms with E-state index in [4.69, 9.17) is 15.3 Å². The highest BCUT2D eigenvalue weighted by Gasteiger charge is 2.24. The van der Waals surface area contributed by atoms with Crippen LogP contribution in [0.5, 0.6) is 5.75 Å². The average molecular weight is 605 g/mol. The van der Waals surface area contributed by atoms with Gasteiger partial charge in [-0.3, -0.25) is 19.3 Å². The minimum absolute atomic E-state index is 0.180. The van der Waals surface area contributed by atoms with Gasteiger partial charge in [-0.05, 0) is 118 Å². The Bertz CT molecular complexity index is 1360. The molecule has 43 heavy (non-hydrogen) atoms. The van der Waals surface area contributed by atoms with Crippen molar-refractivity contribution in [1.82, 2.24) is 9.96 Å². The second-order valence-corrected chi connectivity index (χ2v) is 13.0. The minimum atomic E-state index is -0.586. The molecule has 0 unspecified atom stereocenters. The van der Waals surface area contributed by atoms with Gasteiger partial charge < -0.3 is 15.8 Å². The van der Waals surface area contributed by atoms with Crippen molar-refractivity contribution in [3.05, 3.63) is 83.4 Å². The molecule has 230 valence electrons. The van der Waals surface area contributed by atoms with E-state index in [9.17, 15) is 9.59 Å². The first-order chi connectivity index (χ1) is 20.5. The summed E-state index contributed by atoms with van der Waals surface area (Å²) >= 11 is 1.74. The largest absolute Gasteiger partial charge is 0.497 e. The maximum absolute atomic E-state index is 12.8. The lowest BCUT2D eigenvalue weighted by molar-refractivity contribution is -0.223. The molecule has 1 fully saturated rings. The molecule has 1 saturated heterocycles. The van der Waals surface area contributed by atoms with Crippen molar-refractivity contribution < 1.29 is 19.2 Å². The molecule has 0 aliphatic carbocycles. The fourth-order valence-electron chi connectivity index (χ4n) is 5.21. The number of rotatable bonds is 11. The van der Waals surface area contributed by atoms with E-state index in [-0.39, 0.29) is 18.4 Å². The summed E-state index contributed by atoms with van der Waals surface area (Å²) in [5.41, 5.74) is 9.81. The summed E-state index contributed by atoms with van der Waals surface area (Å²) < 4.78 is 5.25. The number of hydrogen-bond acceptors (Lipinski definition) is 7. The molecule has 4 rings (SSSR count). The number of amides is 2. The fourth-order valence-corrected chi connectivity index (χ4v) is 6.03. The second kappa shape index (κ2) is 14.9. The molecule has 0 spiro atoms. The highest BCUT2D eigenvalue weighted by Crippen LogP contribution is 2.33. The topological polar surface area (TPSA) is 97.1 Å². The van der Waals surface area contributed by atoms with Crippen molar-refractivity contribution in [3.63, 3.8) is 0 Å². The van der Waals surface area contributed by atoms with Crippen LogP contribution in [0.4, 0.5) is 5.69 Å². The zero-order chi connectivity index (χ0) is 31.0. The van der Waals surface area contributed by atoms with Gasteiger partial charge in [0.05, 0.1) is 12.7 Å². The molecule has 1 heterocycles. The number of ether oxygens (including phenoxy) is 1. The SMILES string of the molecule is COc1ccc(Sc2ccc(CN3CCC(c4cc(NC(=O)CN(OC(C)(C)C)C(C)=O)ccc4CN)CC3)cc2)cc1. The summed E-state index contributed by atoms with van der Waals surface area (Å²) in [6, 6.07) is 22.8. The number of methoxy groups -OCH3 is 1. The van der Waals surface area contributed by atoms with Gasteiger partial charge in [-0.2, -0.15) is 0 Å². The number of piperidine rings is 1. The third kappa shape index (κ3) is 9.83. The molecule has 2 amide bonds. The van der Waals surface area contributed by atoms with Gasteiger partial charge in [0.2, 0.25) is 11.8 Å². The van der Waals surface area contributed by atoms with Gasteiger partial charge in [0.1, 0.15) is 12.3 Å². The van der Waals surface area contributed by atoms with Gasteiger partial charge in [-0.1, -0.05) is 30.0 Å². The molecule has 0 bridgehead atoms. The molecule has 0 radical (unpaired) electrons. The smallest absolute Gasteiger partial charge is 0.246 e. The van der Waals surface area contributed by atoms with Gasteiger partial charge >= 0.3 is 0 Å². The molecule has 1 aliphatic heterocycles. The van der Waals surface area contributed by atoms with Crippen molar-refractivity contribution in [2.45, 2.75) is 74.9 Å². The predicted octanol–water partition coefficient (Wildman–Crippen LogP) is 6.20. The van der Waals surface area contributed by atoms with Gasteiger partial charge in [0.15, 0.2) is 0 Å². The number of hydrogen-bond donors (Lipinski definition) is 2. The first-order valence-electron chi connectivity index (χ1n) is 14.8. The van der Waals surface area contributed by atoms with Gasteiger partial charge in [-0.25, -0.2) is 5.06 Å². The maximum Gasteiger partial charge on any atom is 0.246 e. The van der Waals surface area contributed by atoms with E-state index in [1.165, 1.54) is 27.8 Å². The Kier molecular flexibility index (Phi) is 11.3. The molecule has 3 N–H and O–H groups in total.